The molecule has 0 fully saturated rings. The summed E-state index contributed by atoms with van der Waals surface area (Å²) in [7, 11) is -9.42. The molecule has 0 aliphatic heterocycles. The minimum atomic E-state index is -4.73. The van der Waals surface area contributed by atoms with E-state index in [4.69, 9.17) is 18.1 Å². The van der Waals surface area contributed by atoms with E-state index in [-0.39, 0.29) is 26.4 Å². The first-order chi connectivity index (χ1) is 19.4. The maximum absolute atomic E-state index is 15.2. The van der Waals surface area contributed by atoms with Gasteiger partial charge < -0.3 is 18.1 Å². The highest BCUT2D eigenvalue weighted by atomic mass is 32.2. The van der Waals surface area contributed by atoms with Gasteiger partial charge in [-0.2, -0.15) is 29.3 Å². The lowest BCUT2D eigenvalue weighted by Gasteiger charge is -2.26. The summed E-state index contributed by atoms with van der Waals surface area (Å²) in [6.45, 7) is 5.15. The molecule has 0 bridgehead atoms. The monoisotopic (exact) mass is 636 g/mol. The van der Waals surface area contributed by atoms with Crippen molar-refractivity contribution in [3.8, 4) is 0 Å². The molecular weight excluding hydrogens is 602 g/mol. The number of fused-ring (bicyclic) bond motifs is 1. The molecule has 3 aromatic rings. The van der Waals surface area contributed by atoms with E-state index in [2.05, 4.69) is 0 Å². The number of hydrogen-bond acceptors (Lipinski definition) is 7. The van der Waals surface area contributed by atoms with Gasteiger partial charge in [0.1, 0.15) is 0 Å². The number of benzene rings is 3. The lowest BCUT2D eigenvalue weighted by Crippen LogP contribution is -2.18. The van der Waals surface area contributed by atoms with Gasteiger partial charge in [-0.3, -0.25) is 9.13 Å². The van der Waals surface area contributed by atoms with Crippen molar-refractivity contribution in [1.82, 2.24) is 0 Å². The average molecular weight is 637 g/mol. The molecule has 41 heavy (non-hydrogen) atoms. The quantitative estimate of drug-likeness (QED) is 0.114. The molecule has 0 N–H and O–H groups in total. The van der Waals surface area contributed by atoms with E-state index in [1.54, 1.807) is 6.07 Å². The molecule has 226 valence electrons. The molecule has 0 aliphatic carbocycles. The minimum absolute atomic E-state index is 0.179. The van der Waals surface area contributed by atoms with Crippen LogP contribution in [0.15, 0.2) is 60.7 Å². The second kappa shape index (κ2) is 14.2. The van der Waals surface area contributed by atoms with Gasteiger partial charge in [-0.25, -0.2) is 0 Å². The average Bonchev–Trinajstić information content (AvgIpc) is 2.93. The van der Waals surface area contributed by atoms with E-state index in [1.165, 1.54) is 81.9 Å². The summed E-state index contributed by atoms with van der Waals surface area (Å²) >= 11 is 1.51. The fourth-order valence-electron chi connectivity index (χ4n) is 4.06. The standard InChI is InChI=1S/C28H34F4O6P2S/c1-5-35-39(33,36-6-2)27(29,30)25-14-10-21(11-15-25)19-41-20-22-9-12-23-13-16-26(18-24(23)17-22)28(31,32)40(34,37-7-3)38-8-4/h9-18H,5-8,19-20H2,1-4H3. The van der Waals surface area contributed by atoms with Gasteiger partial charge in [0.15, 0.2) is 0 Å². The molecule has 0 saturated heterocycles. The van der Waals surface area contributed by atoms with Gasteiger partial charge in [-0.15, -0.1) is 0 Å². The summed E-state index contributed by atoms with van der Waals surface area (Å²) in [5.74, 6) is 1.01. The zero-order chi connectivity index (χ0) is 30.3. The zero-order valence-corrected chi connectivity index (χ0v) is 25.9. The SMILES string of the molecule is CCOP(=O)(OCC)C(F)(F)c1ccc(CSCc2ccc3ccc(C(F)(F)P(=O)(OCC)OCC)cc3c2)cc1. The molecule has 0 atom stereocenters. The number of rotatable bonds is 16. The van der Waals surface area contributed by atoms with E-state index in [1.807, 2.05) is 12.1 Å². The molecule has 6 nitrogen and oxygen atoms in total. The van der Waals surface area contributed by atoms with Crippen LogP contribution >= 0.6 is 27.0 Å². The Labute approximate surface area is 242 Å². The second-order valence-electron chi connectivity index (χ2n) is 8.83. The van der Waals surface area contributed by atoms with E-state index < -0.39 is 37.6 Å². The van der Waals surface area contributed by atoms with Crippen molar-refractivity contribution in [2.75, 3.05) is 26.4 Å². The van der Waals surface area contributed by atoms with Crippen molar-refractivity contribution >= 4 is 37.7 Å². The van der Waals surface area contributed by atoms with Gasteiger partial charge in [-0.1, -0.05) is 54.6 Å². The smallest absolute Gasteiger partial charge is 0.304 e. The molecule has 0 saturated carbocycles. The Kier molecular flexibility index (Phi) is 11.7. The predicted octanol–water partition coefficient (Wildman–Crippen LogP) is 9.90. The minimum Gasteiger partial charge on any atom is -0.304 e. The third-order valence-corrected chi connectivity index (χ3v) is 11.3. The molecule has 13 heteroatoms. The lowest BCUT2D eigenvalue weighted by molar-refractivity contribution is 0.0360. The molecular formula is C28H34F4O6P2S. The summed E-state index contributed by atoms with van der Waals surface area (Å²) in [6, 6.07) is 15.0. The summed E-state index contributed by atoms with van der Waals surface area (Å²) in [6.07, 6.45) is 0. The van der Waals surface area contributed by atoms with Crippen molar-refractivity contribution in [3.05, 3.63) is 82.9 Å². The van der Waals surface area contributed by atoms with Crippen LogP contribution in [0.25, 0.3) is 10.8 Å². The molecule has 0 spiro atoms. The van der Waals surface area contributed by atoms with Crippen LogP contribution in [0.3, 0.4) is 0 Å². The Bertz CT molecular complexity index is 1380. The van der Waals surface area contributed by atoms with Gasteiger partial charge in [0, 0.05) is 22.6 Å². The first kappa shape index (κ1) is 33.8. The largest absolute Gasteiger partial charge is 0.404 e. The van der Waals surface area contributed by atoms with Gasteiger partial charge in [-0.05, 0) is 55.7 Å². The number of alkyl halides is 4. The molecule has 0 radical (unpaired) electrons. The first-order valence-electron chi connectivity index (χ1n) is 13.1. The maximum atomic E-state index is 15.2. The normalized spacial score (nSPS) is 13.2. The number of hydrogen-bond donors (Lipinski definition) is 0. The molecule has 0 amide bonds. The number of halogens is 4. The Balaban J connectivity index is 1.72. The van der Waals surface area contributed by atoms with Crippen LogP contribution in [-0.4, -0.2) is 26.4 Å². The number of thioether (sulfide) groups is 1. The van der Waals surface area contributed by atoms with Crippen molar-refractivity contribution in [1.29, 1.82) is 0 Å². The van der Waals surface area contributed by atoms with Gasteiger partial charge in [0.05, 0.1) is 26.4 Å². The predicted molar refractivity (Wildman–Crippen MR) is 155 cm³/mol. The topological polar surface area (TPSA) is 71.1 Å². The Hall–Kier alpha value is -1.71. The van der Waals surface area contributed by atoms with Crippen LogP contribution < -0.4 is 0 Å². The highest BCUT2D eigenvalue weighted by molar-refractivity contribution is 7.97. The van der Waals surface area contributed by atoms with Crippen molar-refractivity contribution in [2.24, 2.45) is 0 Å². The van der Waals surface area contributed by atoms with Crippen LogP contribution in [-0.2, 0) is 50.1 Å². The van der Waals surface area contributed by atoms with Crippen molar-refractivity contribution in [2.45, 2.75) is 50.5 Å². The van der Waals surface area contributed by atoms with Crippen LogP contribution in [0.2, 0.25) is 0 Å². The molecule has 0 unspecified atom stereocenters. The zero-order valence-electron chi connectivity index (χ0n) is 23.3. The van der Waals surface area contributed by atoms with Crippen LogP contribution in [0.4, 0.5) is 17.6 Å². The summed E-state index contributed by atoms with van der Waals surface area (Å²) in [5, 5.41) is 1.27. The maximum Gasteiger partial charge on any atom is 0.404 e. The molecule has 0 aliphatic rings. The fraction of sp³-hybridized carbons (Fsp3) is 0.429. The summed E-state index contributed by atoms with van der Waals surface area (Å²) < 4.78 is 105. The second-order valence-corrected chi connectivity index (χ2v) is 14.0. The van der Waals surface area contributed by atoms with E-state index in [0.717, 1.165) is 16.5 Å². The summed E-state index contributed by atoms with van der Waals surface area (Å²) in [4.78, 5) is 0. The fourth-order valence-corrected chi connectivity index (χ4v) is 8.08. The van der Waals surface area contributed by atoms with Crippen molar-refractivity contribution < 1.29 is 44.8 Å². The first-order valence-corrected chi connectivity index (χ1v) is 17.4. The molecule has 3 rings (SSSR count). The lowest BCUT2D eigenvalue weighted by atomic mass is 10.0. The highest BCUT2D eigenvalue weighted by Crippen LogP contribution is 2.67. The molecule has 0 aromatic heterocycles. The van der Waals surface area contributed by atoms with Gasteiger partial charge >= 0.3 is 26.5 Å². The van der Waals surface area contributed by atoms with Gasteiger partial charge in [0.2, 0.25) is 0 Å². The van der Waals surface area contributed by atoms with Crippen LogP contribution in [0.1, 0.15) is 49.9 Å². The van der Waals surface area contributed by atoms with Crippen molar-refractivity contribution in [3.63, 3.8) is 0 Å². The Morgan fingerprint density at radius 1 is 0.585 bits per heavy atom. The van der Waals surface area contributed by atoms with E-state index >= 15 is 8.78 Å². The third-order valence-electron chi connectivity index (χ3n) is 5.97. The molecule has 3 aromatic carbocycles. The van der Waals surface area contributed by atoms with Crippen LogP contribution in [0.5, 0.6) is 0 Å². The third kappa shape index (κ3) is 7.45. The Morgan fingerprint density at radius 2 is 1.00 bits per heavy atom. The Morgan fingerprint density at radius 3 is 1.51 bits per heavy atom. The van der Waals surface area contributed by atoms with Crippen LogP contribution in [0, 0.1) is 0 Å². The van der Waals surface area contributed by atoms with E-state index in [0.29, 0.717) is 16.9 Å². The van der Waals surface area contributed by atoms with E-state index in [9.17, 15) is 17.9 Å². The molecule has 0 heterocycles. The summed E-state index contributed by atoms with van der Waals surface area (Å²) in [5.41, 5.74) is -6.93. The highest BCUT2D eigenvalue weighted by Gasteiger charge is 2.55. The van der Waals surface area contributed by atoms with Gasteiger partial charge in [0.25, 0.3) is 0 Å².